The summed E-state index contributed by atoms with van der Waals surface area (Å²) in [6.45, 7) is 0.332. The Hall–Kier alpha value is -1.46. The van der Waals surface area contributed by atoms with Gasteiger partial charge in [0, 0.05) is 10.6 Å². The average Bonchev–Trinajstić information content (AvgIpc) is 2.67. The van der Waals surface area contributed by atoms with Crippen LogP contribution < -0.4 is 0 Å². The van der Waals surface area contributed by atoms with Crippen molar-refractivity contribution < 1.29 is 5.11 Å². The van der Waals surface area contributed by atoms with Crippen molar-refractivity contribution in [1.29, 1.82) is 0 Å². The molecule has 0 fully saturated rings. The van der Waals surface area contributed by atoms with Crippen LogP contribution in [0.25, 0.3) is 11.4 Å². The average molecular weight is 225 g/mol. The SMILES string of the molecule is OCCn1nnc(-c2cccc(Cl)c2)n1. The van der Waals surface area contributed by atoms with Crippen molar-refractivity contribution >= 4 is 11.6 Å². The fourth-order valence-electron chi connectivity index (χ4n) is 1.17. The maximum absolute atomic E-state index is 8.69. The van der Waals surface area contributed by atoms with Gasteiger partial charge in [-0.05, 0) is 17.3 Å². The summed E-state index contributed by atoms with van der Waals surface area (Å²) in [5.41, 5.74) is 0.812. The van der Waals surface area contributed by atoms with Crippen molar-refractivity contribution in [3.05, 3.63) is 29.3 Å². The molecule has 0 amide bonds. The fraction of sp³-hybridized carbons (Fsp3) is 0.222. The van der Waals surface area contributed by atoms with E-state index in [4.69, 9.17) is 16.7 Å². The molecule has 1 aromatic heterocycles. The van der Waals surface area contributed by atoms with Gasteiger partial charge < -0.3 is 5.11 Å². The summed E-state index contributed by atoms with van der Waals surface area (Å²) in [4.78, 5) is 1.34. The number of aliphatic hydroxyl groups excluding tert-OH is 1. The molecule has 0 saturated heterocycles. The highest BCUT2D eigenvalue weighted by molar-refractivity contribution is 6.30. The molecule has 0 atom stereocenters. The van der Waals surface area contributed by atoms with E-state index in [1.165, 1.54) is 4.80 Å². The van der Waals surface area contributed by atoms with Crippen LogP contribution in [0.2, 0.25) is 5.02 Å². The minimum Gasteiger partial charge on any atom is -0.394 e. The van der Waals surface area contributed by atoms with E-state index < -0.39 is 0 Å². The number of nitrogens with zero attached hydrogens (tertiary/aromatic N) is 4. The predicted octanol–water partition coefficient (Wildman–Crippen LogP) is 0.986. The second-order valence-corrected chi connectivity index (χ2v) is 3.38. The summed E-state index contributed by atoms with van der Waals surface area (Å²) >= 11 is 5.84. The number of rotatable bonds is 3. The van der Waals surface area contributed by atoms with Crippen LogP contribution in [0.4, 0.5) is 0 Å². The molecule has 0 saturated carbocycles. The van der Waals surface area contributed by atoms with Gasteiger partial charge in [0.05, 0.1) is 13.2 Å². The summed E-state index contributed by atoms with van der Waals surface area (Å²) in [6, 6.07) is 7.22. The third-order valence-corrected chi connectivity index (χ3v) is 2.07. The molecule has 2 rings (SSSR count). The maximum Gasteiger partial charge on any atom is 0.204 e. The van der Waals surface area contributed by atoms with Crippen molar-refractivity contribution in [2.24, 2.45) is 0 Å². The van der Waals surface area contributed by atoms with E-state index in [0.717, 1.165) is 5.56 Å². The van der Waals surface area contributed by atoms with Crippen molar-refractivity contribution in [2.75, 3.05) is 6.61 Å². The molecule has 78 valence electrons. The highest BCUT2D eigenvalue weighted by Crippen LogP contribution is 2.18. The molecule has 1 aromatic carbocycles. The lowest BCUT2D eigenvalue weighted by Gasteiger charge is -1.94. The summed E-state index contributed by atoms with van der Waals surface area (Å²) in [7, 11) is 0. The summed E-state index contributed by atoms with van der Waals surface area (Å²) in [5.74, 6) is 0.506. The lowest BCUT2D eigenvalue weighted by atomic mass is 10.2. The van der Waals surface area contributed by atoms with Gasteiger partial charge >= 0.3 is 0 Å². The Bertz CT molecular complexity index is 457. The third kappa shape index (κ3) is 2.31. The summed E-state index contributed by atoms with van der Waals surface area (Å²) in [6.07, 6.45) is 0. The number of tetrazole rings is 1. The molecule has 0 aliphatic rings. The normalized spacial score (nSPS) is 10.5. The van der Waals surface area contributed by atoms with Crippen molar-refractivity contribution in [3.63, 3.8) is 0 Å². The highest BCUT2D eigenvalue weighted by atomic mass is 35.5. The largest absolute Gasteiger partial charge is 0.394 e. The molecule has 0 aliphatic heterocycles. The minimum absolute atomic E-state index is 0.00859. The van der Waals surface area contributed by atoms with Gasteiger partial charge in [-0.3, -0.25) is 0 Å². The second kappa shape index (κ2) is 4.37. The van der Waals surface area contributed by atoms with E-state index in [0.29, 0.717) is 17.4 Å². The Labute approximate surface area is 91.3 Å². The molecular formula is C9H9ClN4O. The maximum atomic E-state index is 8.69. The van der Waals surface area contributed by atoms with Crippen LogP contribution in [-0.4, -0.2) is 31.9 Å². The number of hydrogen-bond donors (Lipinski definition) is 1. The molecule has 0 radical (unpaired) electrons. The third-order valence-electron chi connectivity index (χ3n) is 1.84. The fourth-order valence-corrected chi connectivity index (χ4v) is 1.36. The van der Waals surface area contributed by atoms with Gasteiger partial charge in [0.25, 0.3) is 0 Å². The van der Waals surface area contributed by atoms with Crippen LogP contribution in [0.5, 0.6) is 0 Å². The van der Waals surface area contributed by atoms with Gasteiger partial charge in [0.2, 0.25) is 5.82 Å². The molecule has 2 aromatic rings. The second-order valence-electron chi connectivity index (χ2n) is 2.94. The van der Waals surface area contributed by atoms with Crippen LogP contribution in [0.15, 0.2) is 24.3 Å². The predicted molar refractivity (Wildman–Crippen MR) is 55.3 cm³/mol. The number of aliphatic hydroxyl groups is 1. The Morgan fingerprint density at radius 2 is 2.27 bits per heavy atom. The molecule has 0 spiro atoms. The van der Waals surface area contributed by atoms with Crippen LogP contribution in [0, 0.1) is 0 Å². The summed E-state index contributed by atoms with van der Waals surface area (Å²) in [5, 5.41) is 21.1. The number of aromatic nitrogens is 4. The van der Waals surface area contributed by atoms with E-state index in [-0.39, 0.29) is 6.61 Å². The first-order chi connectivity index (χ1) is 7.29. The van der Waals surface area contributed by atoms with Crippen molar-refractivity contribution in [2.45, 2.75) is 6.54 Å². The molecule has 0 aliphatic carbocycles. The summed E-state index contributed by atoms with van der Waals surface area (Å²) < 4.78 is 0. The van der Waals surface area contributed by atoms with Gasteiger partial charge in [-0.2, -0.15) is 4.80 Å². The Morgan fingerprint density at radius 1 is 1.40 bits per heavy atom. The number of benzene rings is 1. The first kappa shape index (κ1) is 10.1. The lowest BCUT2D eigenvalue weighted by molar-refractivity contribution is 0.259. The van der Waals surface area contributed by atoms with E-state index in [9.17, 15) is 0 Å². The van der Waals surface area contributed by atoms with Gasteiger partial charge in [-0.1, -0.05) is 23.7 Å². The number of hydrogen-bond acceptors (Lipinski definition) is 4. The highest BCUT2D eigenvalue weighted by Gasteiger charge is 2.05. The monoisotopic (exact) mass is 224 g/mol. The van der Waals surface area contributed by atoms with Crippen LogP contribution >= 0.6 is 11.6 Å². The zero-order valence-corrected chi connectivity index (χ0v) is 8.59. The minimum atomic E-state index is -0.00859. The van der Waals surface area contributed by atoms with E-state index in [2.05, 4.69) is 15.4 Å². The van der Waals surface area contributed by atoms with E-state index in [1.54, 1.807) is 12.1 Å². The van der Waals surface area contributed by atoms with Crippen molar-refractivity contribution in [3.8, 4) is 11.4 Å². The Kier molecular flexibility index (Phi) is 2.94. The smallest absolute Gasteiger partial charge is 0.204 e. The van der Waals surface area contributed by atoms with E-state index >= 15 is 0 Å². The van der Waals surface area contributed by atoms with Gasteiger partial charge in [-0.25, -0.2) is 0 Å². The Morgan fingerprint density at radius 3 is 3.00 bits per heavy atom. The van der Waals surface area contributed by atoms with Gasteiger partial charge in [0.15, 0.2) is 0 Å². The van der Waals surface area contributed by atoms with Crippen molar-refractivity contribution in [1.82, 2.24) is 20.2 Å². The molecule has 0 bridgehead atoms. The molecular weight excluding hydrogens is 216 g/mol. The molecule has 1 heterocycles. The lowest BCUT2D eigenvalue weighted by Crippen LogP contribution is -2.05. The first-order valence-electron chi connectivity index (χ1n) is 4.44. The molecule has 5 nitrogen and oxygen atoms in total. The Balaban J connectivity index is 2.29. The van der Waals surface area contributed by atoms with Gasteiger partial charge in [0.1, 0.15) is 0 Å². The standard InChI is InChI=1S/C9H9ClN4O/c10-8-3-1-2-7(6-8)9-11-13-14(12-9)4-5-15/h1-3,6,15H,4-5H2. The zero-order valence-electron chi connectivity index (χ0n) is 7.84. The first-order valence-corrected chi connectivity index (χ1v) is 4.82. The molecule has 1 N–H and O–H groups in total. The van der Waals surface area contributed by atoms with Crippen LogP contribution in [-0.2, 0) is 6.54 Å². The number of halogens is 1. The molecule has 0 unspecified atom stereocenters. The topological polar surface area (TPSA) is 63.8 Å². The van der Waals surface area contributed by atoms with E-state index in [1.807, 2.05) is 12.1 Å². The quantitative estimate of drug-likeness (QED) is 0.845. The van der Waals surface area contributed by atoms with Gasteiger partial charge in [-0.15, -0.1) is 10.2 Å². The van der Waals surface area contributed by atoms with Crippen LogP contribution in [0.3, 0.4) is 0 Å². The molecule has 15 heavy (non-hydrogen) atoms. The molecule has 6 heteroatoms. The zero-order chi connectivity index (χ0) is 10.7. The van der Waals surface area contributed by atoms with Crippen LogP contribution in [0.1, 0.15) is 0 Å².